The Hall–Kier alpha value is -3.18. The first-order valence-electron chi connectivity index (χ1n) is 9.07. The highest BCUT2D eigenvalue weighted by atomic mass is 32.2. The van der Waals surface area contributed by atoms with Crippen LogP contribution in [0.1, 0.15) is 12.8 Å². The van der Waals surface area contributed by atoms with Crippen molar-refractivity contribution in [3.05, 3.63) is 52.6 Å². The molecule has 0 saturated carbocycles. The van der Waals surface area contributed by atoms with Crippen molar-refractivity contribution < 1.29 is 27.6 Å². The first-order valence-corrected chi connectivity index (χ1v) is 10.5. The van der Waals surface area contributed by atoms with E-state index in [0.29, 0.717) is 18.6 Å². The van der Waals surface area contributed by atoms with Gasteiger partial charge in [-0.3, -0.25) is 14.9 Å². The van der Waals surface area contributed by atoms with Crippen molar-refractivity contribution in [2.24, 2.45) is 0 Å². The van der Waals surface area contributed by atoms with Crippen molar-refractivity contribution >= 4 is 27.3 Å². The van der Waals surface area contributed by atoms with Crippen molar-refractivity contribution in [3.63, 3.8) is 0 Å². The molecule has 1 fully saturated rings. The molecular weight excluding hydrogens is 414 g/mol. The number of rotatable bonds is 7. The third-order valence-corrected chi connectivity index (χ3v) is 6.73. The molecule has 1 heterocycles. The van der Waals surface area contributed by atoms with Crippen LogP contribution >= 0.6 is 0 Å². The van der Waals surface area contributed by atoms with Crippen molar-refractivity contribution in [2.45, 2.75) is 23.8 Å². The number of benzene rings is 2. The van der Waals surface area contributed by atoms with Gasteiger partial charge in [0.2, 0.25) is 15.9 Å². The molecule has 1 unspecified atom stereocenters. The number of nitrogens with one attached hydrogen (secondary N) is 1. The van der Waals surface area contributed by atoms with Gasteiger partial charge in [-0.2, -0.15) is 4.31 Å². The van der Waals surface area contributed by atoms with E-state index in [1.165, 1.54) is 50.6 Å². The molecule has 1 atom stereocenters. The SMILES string of the molecule is COc1ccc(S(=O)(=O)N2CCCC2C(=O)Nc2ccccc2[N+](=O)[O-])cc1OC. The van der Waals surface area contributed by atoms with Crippen LogP contribution < -0.4 is 14.8 Å². The zero-order valence-corrected chi connectivity index (χ0v) is 17.2. The summed E-state index contributed by atoms with van der Waals surface area (Å²) in [5.41, 5.74) is -0.249. The highest BCUT2D eigenvalue weighted by Crippen LogP contribution is 2.33. The number of nitro groups is 1. The average molecular weight is 435 g/mol. The van der Waals surface area contributed by atoms with Crippen LogP contribution in [0, 0.1) is 10.1 Å². The fraction of sp³-hybridized carbons (Fsp3) is 0.316. The van der Waals surface area contributed by atoms with Crippen LogP contribution in [0.2, 0.25) is 0 Å². The molecule has 2 aromatic rings. The summed E-state index contributed by atoms with van der Waals surface area (Å²) in [7, 11) is -1.17. The van der Waals surface area contributed by atoms with Gasteiger partial charge in [0.25, 0.3) is 5.69 Å². The normalized spacial score (nSPS) is 16.8. The van der Waals surface area contributed by atoms with Crippen molar-refractivity contribution in [1.29, 1.82) is 0 Å². The molecule has 1 saturated heterocycles. The number of para-hydroxylation sites is 2. The molecule has 0 radical (unpaired) electrons. The second-order valence-electron chi connectivity index (χ2n) is 6.55. The molecule has 2 aromatic carbocycles. The molecule has 0 spiro atoms. The largest absolute Gasteiger partial charge is 0.493 e. The van der Waals surface area contributed by atoms with Crippen molar-refractivity contribution in [2.75, 3.05) is 26.1 Å². The number of hydrogen-bond acceptors (Lipinski definition) is 7. The molecule has 0 aliphatic carbocycles. The minimum absolute atomic E-state index is 0.0165. The Morgan fingerprint density at radius 3 is 2.53 bits per heavy atom. The number of nitrogens with zero attached hydrogens (tertiary/aromatic N) is 2. The summed E-state index contributed by atoms with van der Waals surface area (Å²) in [6, 6.07) is 8.91. The Morgan fingerprint density at radius 1 is 1.17 bits per heavy atom. The van der Waals surface area contributed by atoms with Gasteiger partial charge >= 0.3 is 0 Å². The molecule has 1 aliphatic rings. The van der Waals surface area contributed by atoms with Crippen molar-refractivity contribution in [1.82, 2.24) is 4.31 Å². The van der Waals surface area contributed by atoms with Crippen molar-refractivity contribution in [3.8, 4) is 11.5 Å². The second kappa shape index (κ2) is 8.67. The zero-order chi connectivity index (χ0) is 21.9. The third-order valence-electron chi connectivity index (χ3n) is 4.83. The maximum absolute atomic E-state index is 13.2. The molecule has 1 aliphatic heterocycles. The molecule has 1 N–H and O–H groups in total. The molecule has 160 valence electrons. The predicted octanol–water partition coefficient (Wildman–Crippen LogP) is 2.40. The minimum Gasteiger partial charge on any atom is -0.493 e. The van der Waals surface area contributed by atoms with Crippen LogP contribution in [0.15, 0.2) is 47.4 Å². The maximum Gasteiger partial charge on any atom is 0.292 e. The highest BCUT2D eigenvalue weighted by Gasteiger charge is 2.40. The van der Waals surface area contributed by atoms with Gasteiger partial charge in [0, 0.05) is 18.7 Å². The number of sulfonamides is 1. The van der Waals surface area contributed by atoms with Crippen LogP contribution in [-0.4, -0.2) is 50.4 Å². The summed E-state index contributed by atoms with van der Waals surface area (Å²) in [4.78, 5) is 23.3. The molecule has 10 nitrogen and oxygen atoms in total. The van der Waals surface area contributed by atoms with Gasteiger partial charge in [-0.1, -0.05) is 12.1 Å². The number of amides is 1. The van der Waals surface area contributed by atoms with E-state index in [2.05, 4.69) is 5.32 Å². The second-order valence-corrected chi connectivity index (χ2v) is 8.44. The number of nitro benzene ring substituents is 1. The lowest BCUT2D eigenvalue weighted by atomic mass is 10.2. The number of anilines is 1. The van der Waals surface area contributed by atoms with E-state index in [0.717, 1.165) is 4.31 Å². The Kier molecular flexibility index (Phi) is 6.22. The van der Waals surface area contributed by atoms with E-state index >= 15 is 0 Å². The highest BCUT2D eigenvalue weighted by molar-refractivity contribution is 7.89. The topological polar surface area (TPSA) is 128 Å². The number of methoxy groups -OCH3 is 2. The van der Waals surface area contributed by atoms with Gasteiger partial charge in [0.1, 0.15) is 11.7 Å². The summed E-state index contributed by atoms with van der Waals surface area (Å²) < 4.78 is 37.8. The van der Waals surface area contributed by atoms with Crippen LogP contribution in [0.5, 0.6) is 11.5 Å². The molecule has 30 heavy (non-hydrogen) atoms. The van der Waals surface area contributed by atoms with E-state index in [1.54, 1.807) is 6.07 Å². The van der Waals surface area contributed by atoms with Gasteiger partial charge < -0.3 is 14.8 Å². The first-order chi connectivity index (χ1) is 14.3. The molecule has 1 amide bonds. The van der Waals surface area contributed by atoms with Gasteiger partial charge in [-0.15, -0.1) is 0 Å². The fourth-order valence-electron chi connectivity index (χ4n) is 3.36. The number of carbonyl (C=O) groups is 1. The van der Waals surface area contributed by atoms with Gasteiger partial charge in [-0.25, -0.2) is 8.42 Å². The van der Waals surface area contributed by atoms with Crippen LogP contribution in [-0.2, 0) is 14.8 Å². The molecule has 0 aromatic heterocycles. The van der Waals surface area contributed by atoms with E-state index in [1.807, 2.05) is 0 Å². The Bertz CT molecular complexity index is 1070. The fourth-order valence-corrected chi connectivity index (χ4v) is 5.03. The van der Waals surface area contributed by atoms with Crippen LogP contribution in [0.3, 0.4) is 0 Å². The maximum atomic E-state index is 13.2. The molecular formula is C19H21N3O7S. The summed E-state index contributed by atoms with van der Waals surface area (Å²) in [5.74, 6) is 0.00749. The standard InChI is InChI=1S/C19H21N3O7S/c1-28-17-10-9-13(12-18(17)29-2)30(26,27)21-11-5-8-16(21)19(23)20-14-6-3-4-7-15(14)22(24)25/h3-4,6-7,9-10,12,16H,5,8,11H2,1-2H3,(H,20,23). The monoisotopic (exact) mass is 435 g/mol. The summed E-state index contributed by atoms with van der Waals surface area (Å²) in [6.07, 6.45) is 0.792. The van der Waals surface area contributed by atoms with Crippen LogP contribution in [0.4, 0.5) is 11.4 Å². The predicted molar refractivity (Wildman–Crippen MR) is 108 cm³/mol. The summed E-state index contributed by atoms with van der Waals surface area (Å²) in [6.45, 7) is 0.158. The van der Waals surface area contributed by atoms with Gasteiger partial charge in [0.15, 0.2) is 11.5 Å². The lowest BCUT2D eigenvalue weighted by Gasteiger charge is -2.23. The third kappa shape index (κ3) is 4.07. The lowest BCUT2D eigenvalue weighted by molar-refractivity contribution is -0.383. The molecule has 3 rings (SSSR count). The number of ether oxygens (including phenoxy) is 2. The average Bonchev–Trinajstić information content (AvgIpc) is 3.24. The van der Waals surface area contributed by atoms with Gasteiger partial charge in [-0.05, 0) is 31.0 Å². The first kappa shape index (κ1) is 21.5. The Morgan fingerprint density at radius 2 is 1.87 bits per heavy atom. The van der Waals surface area contributed by atoms with Crippen LogP contribution in [0.25, 0.3) is 0 Å². The molecule has 0 bridgehead atoms. The van der Waals surface area contributed by atoms with E-state index in [9.17, 15) is 23.3 Å². The quantitative estimate of drug-likeness (QED) is 0.522. The molecule has 11 heteroatoms. The summed E-state index contributed by atoms with van der Waals surface area (Å²) in [5, 5.41) is 13.7. The Balaban J connectivity index is 1.88. The van der Waals surface area contributed by atoms with E-state index < -0.39 is 26.9 Å². The van der Waals surface area contributed by atoms with E-state index in [4.69, 9.17) is 9.47 Å². The smallest absolute Gasteiger partial charge is 0.292 e. The lowest BCUT2D eigenvalue weighted by Crippen LogP contribution is -2.43. The minimum atomic E-state index is -4.01. The Labute approximate surface area is 173 Å². The number of hydrogen-bond donors (Lipinski definition) is 1. The number of carbonyl (C=O) groups excluding carboxylic acids is 1. The van der Waals surface area contributed by atoms with Gasteiger partial charge in [0.05, 0.1) is 24.0 Å². The zero-order valence-electron chi connectivity index (χ0n) is 16.4. The summed E-state index contributed by atoms with van der Waals surface area (Å²) >= 11 is 0. The van der Waals surface area contributed by atoms with E-state index in [-0.39, 0.29) is 28.6 Å².